The van der Waals surface area contributed by atoms with Crippen LogP contribution in [0.1, 0.15) is 63.6 Å². The Morgan fingerprint density at radius 2 is 2.04 bits per heavy atom. The summed E-state index contributed by atoms with van der Waals surface area (Å²) in [6, 6.07) is -0.476. The molecule has 3 rings (SSSR count). The highest BCUT2D eigenvalue weighted by molar-refractivity contribution is 5.97. The molecule has 1 saturated carbocycles. The van der Waals surface area contributed by atoms with E-state index in [1.807, 2.05) is 6.92 Å². The molecule has 0 radical (unpaired) electrons. The maximum Gasteiger partial charge on any atom is 0.247 e. The van der Waals surface area contributed by atoms with Crippen LogP contribution in [0.15, 0.2) is 15.7 Å². The van der Waals surface area contributed by atoms with E-state index in [0.717, 1.165) is 44.1 Å². The second-order valence-corrected chi connectivity index (χ2v) is 6.95. The minimum Gasteiger partial charge on any atom is -0.341 e. The number of allylic oxidation sites excluding steroid dienone is 1. The molecule has 0 aromatic carbocycles. The van der Waals surface area contributed by atoms with Gasteiger partial charge in [0.2, 0.25) is 17.7 Å². The van der Waals surface area contributed by atoms with Gasteiger partial charge in [-0.25, -0.2) is 0 Å². The Kier molecular flexibility index (Phi) is 5.50. The van der Waals surface area contributed by atoms with E-state index in [4.69, 9.17) is 4.52 Å². The number of carbonyl (C=O) groups is 2. The van der Waals surface area contributed by atoms with Crippen molar-refractivity contribution >= 4 is 11.8 Å². The van der Waals surface area contributed by atoms with Gasteiger partial charge in [0.15, 0.2) is 5.82 Å². The van der Waals surface area contributed by atoms with E-state index in [2.05, 4.69) is 15.5 Å². The van der Waals surface area contributed by atoms with Crippen LogP contribution in [0, 0.1) is 6.92 Å². The molecule has 0 bridgehead atoms. The normalized spacial score (nSPS) is 21.4. The van der Waals surface area contributed by atoms with Gasteiger partial charge in [0.25, 0.3) is 0 Å². The van der Waals surface area contributed by atoms with Gasteiger partial charge in [-0.15, -0.1) is 0 Å². The van der Waals surface area contributed by atoms with E-state index in [0.29, 0.717) is 31.2 Å². The molecule has 1 aliphatic heterocycles. The summed E-state index contributed by atoms with van der Waals surface area (Å²) < 4.78 is 5.13. The lowest BCUT2D eigenvalue weighted by Gasteiger charge is -2.23. The number of rotatable bonds is 4. The highest BCUT2D eigenvalue weighted by Gasteiger charge is 2.30. The Morgan fingerprint density at radius 3 is 2.72 bits per heavy atom. The third kappa shape index (κ3) is 4.27. The van der Waals surface area contributed by atoms with Crippen LogP contribution < -0.4 is 5.32 Å². The molecule has 136 valence electrons. The lowest BCUT2D eigenvalue weighted by molar-refractivity contribution is -0.136. The van der Waals surface area contributed by atoms with Gasteiger partial charge in [0, 0.05) is 12.1 Å². The average molecular weight is 346 g/mol. The second-order valence-electron chi connectivity index (χ2n) is 6.95. The Balaban J connectivity index is 1.66. The molecule has 2 amide bonds. The third-order valence-corrected chi connectivity index (χ3v) is 5.06. The SMILES string of the molecule is CC(C(=O)NC1CCCCN(Cc2nc(C)no2)C1=O)=C1CCCC1. The molecule has 1 aromatic rings. The van der Waals surface area contributed by atoms with Crippen LogP contribution in [0.3, 0.4) is 0 Å². The molecule has 2 aliphatic rings. The van der Waals surface area contributed by atoms with Crippen LogP contribution in [0.25, 0.3) is 0 Å². The maximum absolute atomic E-state index is 12.8. The first kappa shape index (κ1) is 17.6. The summed E-state index contributed by atoms with van der Waals surface area (Å²) in [4.78, 5) is 31.3. The number of nitrogens with zero attached hydrogens (tertiary/aromatic N) is 3. The van der Waals surface area contributed by atoms with E-state index in [1.165, 1.54) is 5.57 Å². The van der Waals surface area contributed by atoms with Crippen molar-refractivity contribution in [3.8, 4) is 0 Å². The Labute approximate surface area is 147 Å². The van der Waals surface area contributed by atoms with Crippen molar-refractivity contribution in [1.29, 1.82) is 0 Å². The van der Waals surface area contributed by atoms with Crippen LogP contribution in [-0.2, 0) is 16.1 Å². The van der Waals surface area contributed by atoms with Crippen molar-refractivity contribution in [3.05, 3.63) is 22.9 Å². The number of amides is 2. The van der Waals surface area contributed by atoms with Crippen molar-refractivity contribution in [3.63, 3.8) is 0 Å². The van der Waals surface area contributed by atoms with E-state index in [9.17, 15) is 9.59 Å². The van der Waals surface area contributed by atoms with Gasteiger partial charge in [0.1, 0.15) is 12.6 Å². The second kappa shape index (κ2) is 7.80. The standard InChI is InChI=1S/C18H26N4O3/c1-12(14-7-3-4-8-14)17(23)20-15-9-5-6-10-22(18(15)24)11-16-19-13(2)21-25-16/h15H,3-11H2,1-2H3,(H,20,23). The van der Waals surface area contributed by atoms with Gasteiger partial charge < -0.3 is 14.7 Å². The van der Waals surface area contributed by atoms with Gasteiger partial charge in [0.05, 0.1) is 0 Å². The number of likely N-dealkylation sites (tertiary alicyclic amines) is 1. The van der Waals surface area contributed by atoms with Crippen molar-refractivity contribution in [1.82, 2.24) is 20.4 Å². The third-order valence-electron chi connectivity index (χ3n) is 5.06. The zero-order valence-electron chi connectivity index (χ0n) is 15.0. The summed E-state index contributed by atoms with van der Waals surface area (Å²) in [5.74, 6) is 0.819. The molecule has 2 fully saturated rings. The fourth-order valence-corrected chi connectivity index (χ4v) is 3.57. The van der Waals surface area contributed by atoms with Gasteiger partial charge in [-0.3, -0.25) is 9.59 Å². The molecule has 2 heterocycles. The molecule has 1 aromatic heterocycles. The summed E-state index contributed by atoms with van der Waals surface area (Å²) in [5.41, 5.74) is 2.02. The quantitative estimate of drug-likeness (QED) is 0.845. The number of hydrogen-bond donors (Lipinski definition) is 1. The van der Waals surface area contributed by atoms with Gasteiger partial charge in [-0.2, -0.15) is 4.98 Å². The Morgan fingerprint density at radius 1 is 1.28 bits per heavy atom. The molecule has 0 spiro atoms. The van der Waals surface area contributed by atoms with Crippen molar-refractivity contribution in [2.45, 2.75) is 71.4 Å². The van der Waals surface area contributed by atoms with Crippen molar-refractivity contribution in [2.75, 3.05) is 6.54 Å². The first-order valence-electron chi connectivity index (χ1n) is 9.12. The lowest BCUT2D eigenvalue weighted by Crippen LogP contribution is -2.47. The molecule has 1 aliphatic carbocycles. The molecular weight excluding hydrogens is 320 g/mol. The Bertz CT molecular complexity index is 672. The lowest BCUT2D eigenvalue weighted by atomic mass is 10.1. The van der Waals surface area contributed by atoms with Crippen LogP contribution >= 0.6 is 0 Å². The summed E-state index contributed by atoms with van der Waals surface area (Å²) in [6.45, 7) is 4.56. The van der Waals surface area contributed by atoms with E-state index in [-0.39, 0.29) is 11.8 Å². The van der Waals surface area contributed by atoms with E-state index in [1.54, 1.807) is 11.8 Å². The van der Waals surface area contributed by atoms with Crippen LogP contribution in [0.5, 0.6) is 0 Å². The predicted molar refractivity (Wildman–Crippen MR) is 91.4 cm³/mol. The molecule has 1 N–H and O–H groups in total. The summed E-state index contributed by atoms with van der Waals surface area (Å²) in [6.07, 6.45) is 6.80. The Hall–Kier alpha value is -2.18. The van der Waals surface area contributed by atoms with Crippen LogP contribution in [0.2, 0.25) is 0 Å². The minimum atomic E-state index is -0.476. The number of nitrogens with one attached hydrogen (secondary N) is 1. The van der Waals surface area contributed by atoms with Gasteiger partial charge >= 0.3 is 0 Å². The molecule has 1 unspecified atom stereocenters. The number of hydrogen-bond acceptors (Lipinski definition) is 5. The molecule has 1 saturated heterocycles. The average Bonchev–Trinajstić information content (AvgIpc) is 3.23. The van der Waals surface area contributed by atoms with E-state index >= 15 is 0 Å². The van der Waals surface area contributed by atoms with Crippen LogP contribution in [-0.4, -0.2) is 39.4 Å². The smallest absolute Gasteiger partial charge is 0.247 e. The number of aryl methyl sites for hydroxylation is 1. The summed E-state index contributed by atoms with van der Waals surface area (Å²) >= 11 is 0. The topological polar surface area (TPSA) is 88.3 Å². The van der Waals surface area contributed by atoms with Gasteiger partial charge in [-0.1, -0.05) is 10.7 Å². The van der Waals surface area contributed by atoms with Crippen molar-refractivity contribution in [2.24, 2.45) is 0 Å². The summed E-state index contributed by atoms with van der Waals surface area (Å²) in [5, 5.41) is 6.72. The van der Waals surface area contributed by atoms with Crippen LogP contribution in [0.4, 0.5) is 0 Å². The molecule has 25 heavy (non-hydrogen) atoms. The maximum atomic E-state index is 12.8. The fraction of sp³-hybridized carbons (Fsp3) is 0.667. The van der Waals surface area contributed by atoms with E-state index < -0.39 is 6.04 Å². The first-order chi connectivity index (χ1) is 12.0. The van der Waals surface area contributed by atoms with Crippen molar-refractivity contribution < 1.29 is 14.1 Å². The molecule has 7 heteroatoms. The predicted octanol–water partition coefficient (Wildman–Crippen LogP) is 2.27. The first-order valence-corrected chi connectivity index (χ1v) is 9.12. The number of aromatic nitrogens is 2. The fourth-order valence-electron chi connectivity index (χ4n) is 3.57. The number of carbonyl (C=O) groups excluding carboxylic acids is 2. The molecule has 1 atom stereocenters. The highest BCUT2D eigenvalue weighted by atomic mass is 16.5. The highest BCUT2D eigenvalue weighted by Crippen LogP contribution is 2.27. The van der Waals surface area contributed by atoms with Gasteiger partial charge in [-0.05, 0) is 58.8 Å². The zero-order valence-corrected chi connectivity index (χ0v) is 15.0. The summed E-state index contributed by atoms with van der Waals surface area (Å²) in [7, 11) is 0. The minimum absolute atomic E-state index is 0.0640. The molecule has 7 nitrogen and oxygen atoms in total. The zero-order chi connectivity index (χ0) is 17.8. The largest absolute Gasteiger partial charge is 0.341 e. The molecular formula is C18H26N4O3. The monoisotopic (exact) mass is 346 g/mol.